The predicted octanol–water partition coefficient (Wildman–Crippen LogP) is 4.81. The number of fused-ring (bicyclic) bond motifs is 2. The number of aryl methyl sites for hydroxylation is 1. The Morgan fingerprint density at radius 2 is 1.97 bits per heavy atom. The summed E-state index contributed by atoms with van der Waals surface area (Å²) in [5.74, 6) is -0.888. The first-order chi connectivity index (χ1) is 15.6. The molecule has 0 aliphatic carbocycles. The van der Waals surface area contributed by atoms with Gasteiger partial charge in [-0.15, -0.1) is 0 Å². The third-order valence-electron chi connectivity index (χ3n) is 5.58. The summed E-state index contributed by atoms with van der Waals surface area (Å²) >= 11 is 0. The lowest BCUT2D eigenvalue weighted by Crippen LogP contribution is -2.15. The molecule has 7 nitrogen and oxygen atoms in total. The number of rotatable bonds is 6. The van der Waals surface area contributed by atoms with Gasteiger partial charge in [-0.1, -0.05) is 18.2 Å². The number of hydrogen-bond acceptors (Lipinski definition) is 5. The third kappa shape index (κ3) is 3.76. The van der Waals surface area contributed by atoms with E-state index in [4.69, 9.17) is 0 Å². The van der Waals surface area contributed by atoms with Crippen molar-refractivity contribution in [3.63, 3.8) is 0 Å². The molecule has 0 radical (unpaired) electrons. The van der Waals surface area contributed by atoms with Crippen LogP contribution in [0.3, 0.4) is 0 Å². The van der Waals surface area contributed by atoms with E-state index >= 15 is 0 Å². The molecular weight excluding hydrogens is 402 g/mol. The van der Waals surface area contributed by atoms with E-state index in [1.165, 1.54) is 5.39 Å². The number of carboxylic acids is 1. The first-order valence-corrected chi connectivity index (χ1v) is 10.3. The number of nitrogens with one attached hydrogen (secondary N) is 1. The van der Waals surface area contributed by atoms with E-state index in [0.717, 1.165) is 38.9 Å². The van der Waals surface area contributed by atoms with Crippen molar-refractivity contribution in [1.29, 1.82) is 0 Å². The third-order valence-corrected chi connectivity index (χ3v) is 5.58. The van der Waals surface area contributed by atoms with Crippen LogP contribution in [0.25, 0.3) is 33.1 Å². The number of aliphatic carboxylic acids is 1. The summed E-state index contributed by atoms with van der Waals surface area (Å²) in [6.07, 6.45) is 8.66. The average molecular weight is 423 g/mol. The summed E-state index contributed by atoms with van der Waals surface area (Å²) in [6.45, 7) is 0. The van der Waals surface area contributed by atoms with Gasteiger partial charge in [-0.25, -0.2) is 0 Å². The summed E-state index contributed by atoms with van der Waals surface area (Å²) in [5, 5.41) is 14.0. The van der Waals surface area contributed by atoms with E-state index in [0.29, 0.717) is 0 Å². The maximum Gasteiger partial charge on any atom is 0.305 e. The number of nitrogens with zero attached hydrogens (tertiary/aromatic N) is 4. The van der Waals surface area contributed by atoms with Crippen LogP contribution in [0, 0.1) is 0 Å². The Balaban J connectivity index is 1.62. The highest BCUT2D eigenvalue weighted by Crippen LogP contribution is 2.33. The highest BCUT2D eigenvalue weighted by molar-refractivity contribution is 5.97. The fourth-order valence-corrected chi connectivity index (χ4v) is 4.02. The van der Waals surface area contributed by atoms with Gasteiger partial charge in [-0.05, 0) is 46.8 Å². The monoisotopic (exact) mass is 423 g/mol. The predicted molar refractivity (Wildman–Crippen MR) is 124 cm³/mol. The largest absolute Gasteiger partial charge is 0.481 e. The van der Waals surface area contributed by atoms with Crippen LogP contribution >= 0.6 is 0 Å². The molecule has 1 unspecified atom stereocenters. The van der Waals surface area contributed by atoms with Gasteiger partial charge in [-0.3, -0.25) is 19.7 Å². The smallest absolute Gasteiger partial charge is 0.305 e. The average Bonchev–Trinajstić information content (AvgIpc) is 3.18. The van der Waals surface area contributed by atoms with Crippen LogP contribution in [0.2, 0.25) is 0 Å². The van der Waals surface area contributed by atoms with Gasteiger partial charge in [-0.2, -0.15) is 0 Å². The van der Waals surface area contributed by atoms with E-state index in [1.54, 1.807) is 30.9 Å². The molecule has 5 rings (SSSR count). The van der Waals surface area contributed by atoms with Gasteiger partial charge in [0.05, 0.1) is 23.5 Å². The molecule has 3 aromatic heterocycles. The molecule has 32 heavy (non-hydrogen) atoms. The molecule has 0 aliphatic heterocycles. The minimum absolute atomic E-state index is 0.0746. The Morgan fingerprint density at radius 3 is 2.78 bits per heavy atom. The van der Waals surface area contributed by atoms with Crippen LogP contribution in [0.15, 0.2) is 79.5 Å². The zero-order valence-corrected chi connectivity index (χ0v) is 17.4. The zero-order chi connectivity index (χ0) is 22.1. The van der Waals surface area contributed by atoms with Gasteiger partial charge in [0.1, 0.15) is 0 Å². The Kier molecular flexibility index (Phi) is 4.99. The lowest BCUT2D eigenvalue weighted by Gasteiger charge is -2.19. The Bertz CT molecular complexity index is 1430. The summed E-state index contributed by atoms with van der Waals surface area (Å²) in [4.78, 5) is 24.7. The second-order valence-corrected chi connectivity index (χ2v) is 7.73. The van der Waals surface area contributed by atoms with E-state index in [1.807, 2.05) is 31.4 Å². The first kappa shape index (κ1) is 19.7. The quantitative estimate of drug-likeness (QED) is 0.407. The molecular formula is C25H21N5O2. The molecule has 0 bridgehead atoms. The topological polar surface area (TPSA) is 92.9 Å². The summed E-state index contributed by atoms with van der Waals surface area (Å²) < 4.78 is 2.08. The number of carboxylic acid groups (broad SMARTS) is 1. The number of aromatic nitrogens is 4. The van der Waals surface area contributed by atoms with Crippen molar-refractivity contribution >= 4 is 33.6 Å². The van der Waals surface area contributed by atoms with E-state index in [9.17, 15) is 9.90 Å². The first-order valence-electron chi connectivity index (χ1n) is 10.3. The number of anilines is 1. The summed E-state index contributed by atoms with van der Waals surface area (Å²) in [5.41, 5.74) is 6.18. The van der Waals surface area contributed by atoms with Crippen molar-refractivity contribution in [3.8, 4) is 11.1 Å². The summed E-state index contributed by atoms with van der Waals surface area (Å²) in [6, 6.07) is 15.5. The molecule has 158 valence electrons. The van der Waals surface area contributed by atoms with Crippen molar-refractivity contribution in [2.45, 2.75) is 12.5 Å². The molecule has 0 saturated heterocycles. The Hall–Kier alpha value is -4.26. The summed E-state index contributed by atoms with van der Waals surface area (Å²) in [7, 11) is 2.02. The molecule has 0 amide bonds. The normalized spacial score (nSPS) is 12.2. The standard InChI is InChI=1S/C25H21N5O2/c1-30-10-6-16-4-5-17(11-23(16)30)20-12-19(13-22-25(20)28-9-8-27-22)29-21(14-24(31)32)18-3-2-7-26-15-18/h2-13,15,21,29H,14H2,1H3,(H,31,32). The van der Waals surface area contributed by atoms with Crippen LogP contribution in [0.1, 0.15) is 18.0 Å². The van der Waals surface area contributed by atoms with Gasteiger partial charge >= 0.3 is 5.97 Å². The minimum atomic E-state index is -0.888. The molecule has 3 heterocycles. The number of hydrogen-bond donors (Lipinski definition) is 2. The SMILES string of the molecule is Cn1ccc2ccc(-c3cc(NC(CC(=O)O)c4cccnc4)cc4nccnc34)cc21. The van der Waals surface area contributed by atoms with Crippen LogP contribution < -0.4 is 5.32 Å². The van der Waals surface area contributed by atoms with Crippen molar-refractivity contribution in [1.82, 2.24) is 19.5 Å². The maximum absolute atomic E-state index is 11.5. The highest BCUT2D eigenvalue weighted by atomic mass is 16.4. The van der Waals surface area contributed by atoms with Gasteiger partial charge in [0, 0.05) is 54.8 Å². The van der Waals surface area contributed by atoms with E-state index < -0.39 is 12.0 Å². The van der Waals surface area contributed by atoms with Crippen molar-refractivity contribution < 1.29 is 9.90 Å². The second kappa shape index (κ2) is 8.11. The maximum atomic E-state index is 11.5. The van der Waals surface area contributed by atoms with E-state index in [-0.39, 0.29) is 6.42 Å². The van der Waals surface area contributed by atoms with Crippen LogP contribution in [-0.4, -0.2) is 30.6 Å². The molecule has 0 aliphatic rings. The number of benzene rings is 2. The highest BCUT2D eigenvalue weighted by Gasteiger charge is 2.18. The van der Waals surface area contributed by atoms with Crippen molar-refractivity contribution in [2.24, 2.45) is 7.05 Å². The van der Waals surface area contributed by atoms with Crippen LogP contribution in [0.5, 0.6) is 0 Å². The molecule has 0 spiro atoms. The number of carbonyl (C=O) groups is 1. The fourth-order valence-electron chi connectivity index (χ4n) is 4.02. The van der Waals surface area contributed by atoms with Crippen molar-refractivity contribution in [2.75, 3.05) is 5.32 Å². The molecule has 2 N–H and O–H groups in total. The minimum Gasteiger partial charge on any atom is -0.481 e. The second-order valence-electron chi connectivity index (χ2n) is 7.73. The molecule has 0 saturated carbocycles. The van der Waals surface area contributed by atoms with Gasteiger partial charge in [0.15, 0.2) is 0 Å². The molecule has 7 heteroatoms. The lowest BCUT2D eigenvalue weighted by molar-refractivity contribution is -0.137. The molecule has 5 aromatic rings. The fraction of sp³-hybridized carbons (Fsp3) is 0.120. The van der Waals surface area contributed by atoms with Crippen LogP contribution in [0.4, 0.5) is 5.69 Å². The molecule has 2 aromatic carbocycles. The van der Waals surface area contributed by atoms with E-state index in [2.05, 4.69) is 49.1 Å². The van der Waals surface area contributed by atoms with Gasteiger partial charge < -0.3 is 15.0 Å². The Labute approximate surface area is 184 Å². The number of pyridine rings is 1. The molecule has 0 fully saturated rings. The zero-order valence-electron chi connectivity index (χ0n) is 17.4. The van der Waals surface area contributed by atoms with Crippen molar-refractivity contribution in [3.05, 3.63) is 85.1 Å². The van der Waals surface area contributed by atoms with Gasteiger partial charge in [0.2, 0.25) is 0 Å². The lowest BCUT2D eigenvalue weighted by atomic mass is 10.0. The Morgan fingerprint density at radius 1 is 1.09 bits per heavy atom. The molecule has 1 atom stereocenters. The van der Waals surface area contributed by atoms with Gasteiger partial charge in [0.25, 0.3) is 0 Å². The van der Waals surface area contributed by atoms with Crippen LogP contribution in [-0.2, 0) is 11.8 Å².